The second-order valence-corrected chi connectivity index (χ2v) is 5.65. The maximum atomic E-state index is 12.0. The Labute approximate surface area is 131 Å². The number of rotatable bonds is 4. The lowest BCUT2D eigenvalue weighted by Crippen LogP contribution is -2.17. The van der Waals surface area contributed by atoms with Crippen LogP contribution in [0.2, 0.25) is 0 Å². The monoisotopic (exact) mass is 310 g/mol. The molecule has 6 heteroatoms. The lowest BCUT2D eigenvalue weighted by molar-refractivity contribution is 0.0950. The van der Waals surface area contributed by atoms with E-state index in [4.69, 9.17) is 0 Å². The summed E-state index contributed by atoms with van der Waals surface area (Å²) in [5.74, 6) is -0.319. The van der Waals surface area contributed by atoms with E-state index in [0.717, 1.165) is 21.7 Å². The molecule has 3 rings (SSSR count). The first-order valence-electron chi connectivity index (χ1n) is 6.72. The first-order chi connectivity index (χ1) is 10.7. The van der Waals surface area contributed by atoms with Gasteiger partial charge in [0, 0.05) is 10.4 Å². The summed E-state index contributed by atoms with van der Waals surface area (Å²) in [5.41, 5.74) is 5.68. The van der Waals surface area contributed by atoms with Gasteiger partial charge in [0.15, 0.2) is 0 Å². The molecule has 0 aliphatic heterocycles. The molecule has 0 saturated heterocycles. The number of nitrogens with one attached hydrogen (secondary N) is 2. The Kier molecular flexibility index (Phi) is 4.11. The fourth-order valence-electron chi connectivity index (χ4n) is 1.92. The van der Waals surface area contributed by atoms with Gasteiger partial charge in [-0.3, -0.25) is 9.89 Å². The molecule has 5 nitrogen and oxygen atoms in total. The number of hydrazone groups is 1. The molecule has 110 valence electrons. The van der Waals surface area contributed by atoms with Crippen molar-refractivity contribution >= 4 is 23.5 Å². The maximum Gasteiger partial charge on any atom is 0.289 e. The summed E-state index contributed by atoms with van der Waals surface area (Å²) in [6.07, 6.45) is 1.65. The fourth-order valence-corrected chi connectivity index (χ4v) is 2.71. The summed E-state index contributed by atoms with van der Waals surface area (Å²) >= 11 is 1.58. The van der Waals surface area contributed by atoms with Crippen molar-refractivity contribution in [2.24, 2.45) is 5.10 Å². The van der Waals surface area contributed by atoms with Crippen LogP contribution >= 0.6 is 11.3 Å². The van der Waals surface area contributed by atoms with Crippen LogP contribution in [-0.4, -0.2) is 22.3 Å². The number of carbonyl (C=O) groups is 1. The number of hydrogen-bond donors (Lipinski definition) is 2. The van der Waals surface area contributed by atoms with Crippen molar-refractivity contribution in [1.29, 1.82) is 0 Å². The summed E-state index contributed by atoms with van der Waals surface area (Å²) in [5, 5.41) is 12.8. The summed E-state index contributed by atoms with van der Waals surface area (Å²) < 4.78 is 0. The molecule has 1 amide bonds. The van der Waals surface area contributed by atoms with Gasteiger partial charge in [-0.2, -0.15) is 10.2 Å². The molecule has 0 aliphatic rings. The van der Waals surface area contributed by atoms with E-state index >= 15 is 0 Å². The van der Waals surface area contributed by atoms with E-state index < -0.39 is 0 Å². The largest absolute Gasteiger partial charge is 0.289 e. The van der Waals surface area contributed by atoms with Gasteiger partial charge in [0.2, 0.25) is 0 Å². The number of nitrogens with zero attached hydrogens (tertiary/aromatic N) is 2. The van der Waals surface area contributed by atoms with Gasteiger partial charge in [-0.25, -0.2) is 5.43 Å². The highest BCUT2D eigenvalue weighted by Crippen LogP contribution is 2.16. The zero-order valence-corrected chi connectivity index (χ0v) is 12.7. The minimum atomic E-state index is -0.319. The molecule has 22 heavy (non-hydrogen) atoms. The van der Waals surface area contributed by atoms with E-state index in [1.807, 2.05) is 48.7 Å². The smallest absolute Gasteiger partial charge is 0.272 e. The highest BCUT2D eigenvalue weighted by Gasteiger charge is 2.10. The lowest BCUT2D eigenvalue weighted by Gasteiger charge is -1.95. The maximum absolute atomic E-state index is 12.0. The Balaban J connectivity index is 1.67. The third kappa shape index (κ3) is 3.12. The standard InChI is InChI=1S/C16H14N4OS/c1-11-7-8-22-15(11)10-17-20-16(21)14-9-13(18-19-14)12-5-3-2-4-6-12/h2-10H,1H3,(H,18,19)(H,20,21). The Morgan fingerprint density at radius 2 is 2.14 bits per heavy atom. The van der Waals surface area contributed by atoms with Gasteiger partial charge in [0.05, 0.1) is 11.9 Å². The Morgan fingerprint density at radius 1 is 1.32 bits per heavy atom. The quantitative estimate of drug-likeness (QED) is 0.574. The molecular formula is C16H14N4OS. The molecule has 0 saturated carbocycles. The second-order valence-electron chi connectivity index (χ2n) is 4.70. The molecule has 1 aromatic carbocycles. The van der Waals surface area contributed by atoms with Crippen LogP contribution in [0.3, 0.4) is 0 Å². The minimum absolute atomic E-state index is 0.319. The van der Waals surface area contributed by atoms with Crippen molar-refractivity contribution in [3.63, 3.8) is 0 Å². The van der Waals surface area contributed by atoms with Crippen LogP contribution in [0.15, 0.2) is 52.9 Å². The van der Waals surface area contributed by atoms with Crippen LogP contribution in [0.5, 0.6) is 0 Å². The van der Waals surface area contributed by atoms with Gasteiger partial charge < -0.3 is 0 Å². The van der Waals surface area contributed by atoms with Gasteiger partial charge in [0.25, 0.3) is 5.91 Å². The molecule has 2 aromatic heterocycles. The molecule has 0 unspecified atom stereocenters. The van der Waals surface area contributed by atoms with E-state index in [-0.39, 0.29) is 5.91 Å². The van der Waals surface area contributed by atoms with Crippen LogP contribution in [-0.2, 0) is 0 Å². The van der Waals surface area contributed by atoms with Gasteiger partial charge in [-0.15, -0.1) is 11.3 Å². The van der Waals surface area contributed by atoms with E-state index in [1.54, 1.807) is 23.6 Å². The molecule has 0 aliphatic carbocycles. The molecule has 3 aromatic rings. The molecule has 2 N–H and O–H groups in total. The predicted octanol–water partition coefficient (Wildman–Crippen LogP) is 3.21. The van der Waals surface area contributed by atoms with E-state index in [1.165, 1.54) is 0 Å². The number of benzene rings is 1. The number of thiophene rings is 1. The molecule has 0 atom stereocenters. The number of H-pyrrole nitrogens is 1. The average Bonchev–Trinajstić information content (AvgIpc) is 3.18. The van der Waals surface area contributed by atoms with Crippen molar-refractivity contribution in [3.05, 3.63) is 64.0 Å². The van der Waals surface area contributed by atoms with Crippen LogP contribution in [0.4, 0.5) is 0 Å². The third-order valence-electron chi connectivity index (χ3n) is 3.14. The molecule has 2 heterocycles. The normalized spacial score (nSPS) is 11.0. The van der Waals surface area contributed by atoms with E-state index in [9.17, 15) is 4.79 Å². The number of aromatic amines is 1. The SMILES string of the molecule is Cc1ccsc1C=NNC(=O)c1cc(-c2ccccc2)n[nH]1. The zero-order valence-electron chi connectivity index (χ0n) is 11.9. The van der Waals surface area contributed by atoms with Crippen molar-refractivity contribution in [1.82, 2.24) is 15.6 Å². The average molecular weight is 310 g/mol. The lowest BCUT2D eigenvalue weighted by atomic mass is 10.1. The fraction of sp³-hybridized carbons (Fsp3) is 0.0625. The zero-order chi connectivity index (χ0) is 15.4. The van der Waals surface area contributed by atoms with Gasteiger partial charge >= 0.3 is 0 Å². The Hall–Kier alpha value is -2.73. The highest BCUT2D eigenvalue weighted by molar-refractivity contribution is 7.11. The van der Waals surface area contributed by atoms with Crippen LogP contribution in [0, 0.1) is 6.92 Å². The van der Waals surface area contributed by atoms with E-state index in [2.05, 4.69) is 20.7 Å². The van der Waals surface area contributed by atoms with Crippen molar-refractivity contribution in [2.45, 2.75) is 6.92 Å². The minimum Gasteiger partial charge on any atom is -0.272 e. The summed E-state index contributed by atoms with van der Waals surface area (Å²) in [6, 6.07) is 13.4. The van der Waals surface area contributed by atoms with Gasteiger partial charge in [-0.05, 0) is 30.0 Å². The second kappa shape index (κ2) is 6.36. The number of aromatic nitrogens is 2. The van der Waals surface area contributed by atoms with Crippen LogP contribution in [0.1, 0.15) is 20.9 Å². The molecule has 0 fully saturated rings. The van der Waals surface area contributed by atoms with Crippen molar-refractivity contribution in [2.75, 3.05) is 0 Å². The molecule has 0 radical (unpaired) electrons. The first kappa shape index (κ1) is 14.2. The number of aryl methyl sites for hydroxylation is 1. The summed E-state index contributed by atoms with van der Waals surface area (Å²) in [4.78, 5) is 13.0. The Morgan fingerprint density at radius 3 is 2.86 bits per heavy atom. The van der Waals surface area contributed by atoms with Gasteiger partial charge in [0.1, 0.15) is 5.69 Å². The molecule has 0 bridgehead atoms. The first-order valence-corrected chi connectivity index (χ1v) is 7.60. The van der Waals surface area contributed by atoms with Crippen LogP contribution < -0.4 is 5.43 Å². The Bertz CT molecular complexity index is 804. The van der Waals surface area contributed by atoms with Crippen molar-refractivity contribution < 1.29 is 4.79 Å². The molecule has 0 spiro atoms. The third-order valence-corrected chi connectivity index (χ3v) is 4.10. The topological polar surface area (TPSA) is 70.1 Å². The highest BCUT2D eigenvalue weighted by atomic mass is 32.1. The summed E-state index contributed by atoms with van der Waals surface area (Å²) in [7, 11) is 0. The number of hydrogen-bond acceptors (Lipinski definition) is 4. The van der Waals surface area contributed by atoms with Crippen molar-refractivity contribution in [3.8, 4) is 11.3 Å². The van der Waals surface area contributed by atoms with E-state index in [0.29, 0.717) is 5.69 Å². The summed E-state index contributed by atoms with van der Waals surface area (Å²) in [6.45, 7) is 2.00. The predicted molar refractivity (Wildman–Crippen MR) is 88.1 cm³/mol. The number of carbonyl (C=O) groups excluding carboxylic acids is 1. The van der Waals surface area contributed by atoms with Gasteiger partial charge in [-0.1, -0.05) is 30.3 Å². The number of amides is 1. The molecular weight excluding hydrogens is 296 g/mol. The van der Waals surface area contributed by atoms with Crippen LogP contribution in [0.25, 0.3) is 11.3 Å².